The molecule has 5 bridgehead atoms. The summed E-state index contributed by atoms with van der Waals surface area (Å²) in [6.07, 6.45) is 4.41. The molecule has 1 aromatic carbocycles. The van der Waals surface area contributed by atoms with E-state index < -0.39 is 107 Å². The predicted octanol–water partition coefficient (Wildman–Crippen LogP) is 3.17. The molecule has 292 valence electrons. The monoisotopic (exact) mass is 753 g/mol. The summed E-state index contributed by atoms with van der Waals surface area (Å²) in [5, 5.41) is 36.6. The van der Waals surface area contributed by atoms with Crippen molar-refractivity contribution in [3.05, 3.63) is 70.2 Å². The van der Waals surface area contributed by atoms with Crippen molar-refractivity contribution in [3.63, 3.8) is 0 Å². The van der Waals surface area contributed by atoms with Crippen LogP contribution in [0.3, 0.4) is 0 Å². The van der Waals surface area contributed by atoms with Gasteiger partial charge in [0.05, 0.1) is 47.0 Å². The van der Waals surface area contributed by atoms with E-state index in [0.717, 1.165) is 12.3 Å². The van der Waals surface area contributed by atoms with E-state index in [1.165, 1.54) is 47.0 Å². The number of fused-ring (bicyclic) bond motifs is 13. The van der Waals surface area contributed by atoms with Crippen molar-refractivity contribution < 1.29 is 67.7 Å². The Hall–Kier alpha value is -4.83. The first-order valence-electron chi connectivity index (χ1n) is 17.6. The second kappa shape index (κ2) is 15.1. The van der Waals surface area contributed by atoms with E-state index in [9.17, 15) is 39.3 Å². The van der Waals surface area contributed by atoms with Gasteiger partial charge in [-0.2, -0.15) is 0 Å². The highest BCUT2D eigenvalue weighted by atomic mass is 16.8. The molecule has 54 heavy (non-hydrogen) atoms. The molecule has 0 saturated carbocycles. The fourth-order valence-corrected chi connectivity index (χ4v) is 7.37. The molecule has 5 aliphatic rings. The van der Waals surface area contributed by atoms with Gasteiger partial charge in [0.25, 0.3) is 17.5 Å². The minimum absolute atomic E-state index is 0.00812. The van der Waals surface area contributed by atoms with Gasteiger partial charge in [-0.15, -0.1) is 0 Å². The highest BCUT2D eigenvalue weighted by Gasteiger charge is 2.58. The van der Waals surface area contributed by atoms with Gasteiger partial charge in [0, 0.05) is 61.8 Å². The lowest BCUT2D eigenvalue weighted by molar-refractivity contribution is -0.161. The molecule has 0 aromatic heterocycles. The Bertz CT molecular complexity index is 1880. The van der Waals surface area contributed by atoms with Gasteiger partial charge in [-0.25, -0.2) is 4.79 Å². The van der Waals surface area contributed by atoms with Crippen LogP contribution in [0.2, 0.25) is 0 Å². The van der Waals surface area contributed by atoms with E-state index in [4.69, 9.17) is 28.4 Å². The minimum atomic E-state index is -2.21. The molecule has 4 aliphatic heterocycles. The first-order chi connectivity index (χ1) is 25.3. The standard InChI is InChI=1S/C39H47NO14/c1-17-11-10-12-18(2)37(48)40-24-15-39(51-16-26(42)53-39)29-27(33(24)46)32(45)22(6)35-28(29)36(47)38(8,54-35)50-14-13-25(49-9)19(3)34(52-23(7)41)21(5)31(44)20(4)30(17)43/h10-15,17,19-21,25,30-31,34,43-45H,16H2,1-9H3,(H,40,48)/b11-10+,14-13+,18-12-/t17-,19-,20+,21-,25-,30-,31+,34-,38-,39?/m0/s1. The number of rotatable bonds is 2. The predicted molar refractivity (Wildman–Crippen MR) is 189 cm³/mol. The van der Waals surface area contributed by atoms with Crippen LogP contribution in [0.5, 0.6) is 11.5 Å². The summed E-state index contributed by atoms with van der Waals surface area (Å²) in [5.74, 6) is -11.4. The summed E-state index contributed by atoms with van der Waals surface area (Å²) in [4.78, 5) is 66.6. The van der Waals surface area contributed by atoms with Gasteiger partial charge in [-0.1, -0.05) is 45.9 Å². The number of ketones is 2. The first-order valence-corrected chi connectivity index (χ1v) is 17.6. The van der Waals surface area contributed by atoms with Crippen LogP contribution in [-0.4, -0.2) is 88.7 Å². The van der Waals surface area contributed by atoms with Crippen molar-refractivity contribution >= 4 is 29.4 Å². The Balaban J connectivity index is 1.66. The van der Waals surface area contributed by atoms with Gasteiger partial charge in [-0.3, -0.25) is 19.2 Å². The lowest BCUT2D eigenvalue weighted by atomic mass is 9.78. The minimum Gasteiger partial charge on any atom is -0.507 e. The van der Waals surface area contributed by atoms with Crippen LogP contribution in [0.1, 0.15) is 80.3 Å². The van der Waals surface area contributed by atoms with Gasteiger partial charge in [0.2, 0.25) is 5.78 Å². The number of benzene rings is 1. The second-order valence-corrected chi connectivity index (χ2v) is 14.4. The zero-order valence-corrected chi connectivity index (χ0v) is 31.6. The Labute approximate surface area is 312 Å². The number of carbonyl (C=O) groups excluding carboxylic acids is 5. The van der Waals surface area contributed by atoms with Crippen molar-refractivity contribution in [3.8, 4) is 11.5 Å². The molecular weight excluding hydrogens is 706 g/mol. The maximum Gasteiger partial charge on any atom is 0.335 e. The van der Waals surface area contributed by atoms with E-state index in [2.05, 4.69) is 5.32 Å². The summed E-state index contributed by atoms with van der Waals surface area (Å²) >= 11 is 0. The van der Waals surface area contributed by atoms with Crippen LogP contribution in [-0.2, 0) is 43.9 Å². The third-order valence-corrected chi connectivity index (χ3v) is 10.6. The normalized spacial score (nSPS) is 36.6. The van der Waals surface area contributed by atoms with Crippen LogP contribution in [0, 0.1) is 30.6 Å². The van der Waals surface area contributed by atoms with Crippen molar-refractivity contribution in [2.45, 2.75) is 91.4 Å². The highest BCUT2D eigenvalue weighted by Crippen LogP contribution is 2.53. The number of carbonyl (C=O) groups is 5. The van der Waals surface area contributed by atoms with Gasteiger partial charge < -0.3 is 49.1 Å². The molecule has 4 N–H and O–H groups in total. The number of amides is 1. The smallest absolute Gasteiger partial charge is 0.335 e. The van der Waals surface area contributed by atoms with Gasteiger partial charge >= 0.3 is 17.7 Å². The maximum atomic E-state index is 14.3. The largest absolute Gasteiger partial charge is 0.507 e. The molecule has 10 atom stereocenters. The number of aliphatic hydroxyl groups excluding tert-OH is 2. The van der Waals surface area contributed by atoms with Gasteiger partial charge in [-0.05, 0) is 19.9 Å². The number of hydrogen-bond donors (Lipinski definition) is 4. The number of Topliss-reactive ketones (excluding diaryl/α,β-unsaturated/α-hetero) is 2. The molecule has 1 aliphatic carbocycles. The van der Waals surface area contributed by atoms with Crippen LogP contribution < -0.4 is 10.1 Å². The molecule has 1 saturated heterocycles. The molecule has 1 spiro atoms. The summed E-state index contributed by atoms with van der Waals surface area (Å²) in [6, 6.07) is 0. The van der Waals surface area contributed by atoms with E-state index in [0.29, 0.717) is 0 Å². The van der Waals surface area contributed by atoms with E-state index in [1.807, 2.05) is 0 Å². The maximum absolute atomic E-state index is 14.3. The molecule has 15 heteroatoms. The number of ether oxygens (including phenoxy) is 6. The van der Waals surface area contributed by atoms with Crippen LogP contribution >= 0.6 is 0 Å². The average molecular weight is 754 g/mol. The highest BCUT2D eigenvalue weighted by molar-refractivity contribution is 6.19. The van der Waals surface area contributed by atoms with Crippen LogP contribution in [0.4, 0.5) is 0 Å². The third-order valence-electron chi connectivity index (χ3n) is 10.6. The molecular formula is C39H47NO14. The number of esters is 2. The zero-order valence-electron chi connectivity index (χ0n) is 31.6. The molecule has 15 nitrogen and oxygen atoms in total. The molecule has 1 unspecified atom stereocenters. The van der Waals surface area contributed by atoms with E-state index in [-0.39, 0.29) is 33.7 Å². The number of methoxy groups -OCH3 is 1. The topological polar surface area (TPSA) is 213 Å². The zero-order chi connectivity index (χ0) is 40.0. The number of hydrogen-bond acceptors (Lipinski definition) is 14. The van der Waals surface area contributed by atoms with Gasteiger partial charge in [0.1, 0.15) is 24.2 Å². The van der Waals surface area contributed by atoms with Crippen LogP contribution in [0.25, 0.3) is 0 Å². The Morgan fingerprint density at radius 2 is 1.65 bits per heavy atom. The molecule has 0 radical (unpaired) electrons. The van der Waals surface area contributed by atoms with Crippen molar-refractivity contribution in [1.29, 1.82) is 0 Å². The summed E-state index contributed by atoms with van der Waals surface area (Å²) in [7, 11) is 1.42. The molecule has 4 heterocycles. The number of aromatic hydroxyl groups is 1. The number of allylic oxidation sites excluding steroid dienone is 3. The Morgan fingerprint density at radius 3 is 2.26 bits per heavy atom. The Morgan fingerprint density at radius 1 is 0.963 bits per heavy atom. The number of aliphatic hydroxyl groups is 2. The lowest BCUT2D eigenvalue weighted by Crippen LogP contribution is -2.46. The van der Waals surface area contributed by atoms with Crippen molar-refractivity contribution in [2.75, 3.05) is 13.7 Å². The summed E-state index contributed by atoms with van der Waals surface area (Å²) in [5.41, 5.74) is -1.23. The molecule has 1 fully saturated rings. The quantitative estimate of drug-likeness (QED) is 0.320. The van der Waals surface area contributed by atoms with E-state index >= 15 is 0 Å². The Kier molecular flexibility index (Phi) is 11.3. The fourth-order valence-electron chi connectivity index (χ4n) is 7.37. The molecule has 1 amide bonds. The summed E-state index contributed by atoms with van der Waals surface area (Å²) < 4.78 is 34.8. The van der Waals surface area contributed by atoms with Gasteiger partial charge in [0.15, 0.2) is 0 Å². The average Bonchev–Trinajstić information content (AvgIpc) is 3.62. The first kappa shape index (κ1) is 40.4. The number of nitrogens with one attached hydrogen (secondary N) is 1. The summed E-state index contributed by atoms with van der Waals surface area (Å²) in [6.45, 7) is 11.7. The van der Waals surface area contributed by atoms with Crippen molar-refractivity contribution in [1.82, 2.24) is 5.32 Å². The van der Waals surface area contributed by atoms with E-state index in [1.54, 1.807) is 39.8 Å². The van der Waals surface area contributed by atoms with Crippen molar-refractivity contribution in [2.24, 2.45) is 23.7 Å². The molecule has 1 aromatic rings. The van der Waals surface area contributed by atoms with Crippen LogP contribution in [0.15, 0.2) is 47.9 Å². The number of phenols is 1. The lowest BCUT2D eigenvalue weighted by Gasteiger charge is -2.38. The number of phenolic OH excluding ortho intramolecular Hbond substituents is 1. The SMILES string of the molecule is CO[C@H]1/C=C/O[C@@]2(C)Oc3c(C)c(O)c4c(c3C2=O)C2(C=C(NC(=O)/C(C)=C\C=C\[C@H](C)[C@H](O)[C@@H](C)[C@@H](O)[C@H](C)[C@@H](OC(C)=O)[C@H]1C)C4=O)OCC(=O)O2. The third kappa shape index (κ3) is 7.08. The molecule has 6 rings (SSSR count). The second-order valence-electron chi connectivity index (χ2n) is 14.4. The fraction of sp³-hybridized carbons (Fsp3) is 0.513.